The van der Waals surface area contributed by atoms with Crippen LogP contribution in [0.3, 0.4) is 0 Å². The van der Waals surface area contributed by atoms with Crippen LogP contribution in [0.2, 0.25) is 0 Å². The Balaban J connectivity index is 2.13. The molecule has 0 saturated heterocycles. The van der Waals surface area contributed by atoms with Crippen molar-refractivity contribution in [2.45, 2.75) is 18.4 Å². The third-order valence-corrected chi connectivity index (χ3v) is 4.81. The van der Waals surface area contributed by atoms with E-state index in [0.717, 1.165) is 9.88 Å². The molecule has 0 aliphatic heterocycles. The Bertz CT molecular complexity index is 655. The molecule has 96 valence electrons. The first-order valence-corrected chi connectivity index (χ1v) is 8.08. The second kappa shape index (κ2) is 5.43. The van der Waals surface area contributed by atoms with Gasteiger partial charge in [-0.1, -0.05) is 0 Å². The minimum absolute atomic E-state index is 0.137. The zero-order valence-electron chi connectivity index (χ0n) is 9.42. The molecule has 2 heterocycles. The number of nitrogens with one attached hydrogen (secondary N) is 1. The van der Waals surface area contributed by atoms with Gasteiger partial charge in [0.05, 0.1) is 5.01 Å². The van der Waals surface area contributed by atoms with Crippen molar-refractivity contribution in [3.05, 3.63) is 39.0 Å². The zero-order chi connectivity index (χ0) is 13.2. The highest BCUT2D eigenvalue weighted by Gasteiger charge is 2.14. The quantitative estimate of drug-likeness (QED) is 0.918. The van der Waals surface area contributed by atoms with Crippen LogP contribution in [-0.4, -0.2) is 18.4 Å². The Hall–Kier alpha value is -0.830. The van der Waals surface area contributed by atoms with Crippen LogP contribution in [0.1, 0.15) is 9.88 Å². The van der Waals surface area contributed by atoms with Crippen LogP contribution >= 0.6 is 27.3 Å². The maximum Gasteiger partial charge on any atom is 0.242 e. The summed E-state index contributed by atoms with van der Waals surface area (Å²) in [4.78, 5) is 8.91. The van der Waals surface area contributed by atoms with Crippen LogP contribution in [0.5, 0.6) is 0 Å². The van der Waals surface area contributed by atoms with Gasteiger partial charge in [-0.3, -0.25) is 4.98 Å². The fraction of sp³-hybridized carbons (Fsp3) is 0.200. The van der Waals surface area contributed by atoms with E-state index in [1.165, 1.54) is 29.8 Å². The number of pyridine rings is 1. The van der Waals surface area contributed by atoms with Crippen LogP contribution in [-0.2, 0) is 16.6 Å². The van der Waals surface area contributed by atoms with Crippen molar-refractivity contribution in [3.63, 3.8) is 0 Å². The minimum atomic E-state index is -3.54. The summed E-state index contributed by atoms with van der Waals surface area (Å²) >= 11 is 4.66. The van der Waals surface area contributed by atoms with Crippen LogP contribution < -0.4 is 4.72 Å². The van der Waals surface area contributed by atoms with Gasteiger partial charge in [0.25, 0.3) is 0 Å². The molecule has 0 aromatic carbocycles. The first-order valence-electron chi connectivity index (χ1n) is 4.99. The Morgan fingerprint density at radius 2 is 2.17 bits per heavy atom. The third kappa shape index (κ3) is 3.35. The van der Waals surface area contributed by atoms with E-state index in [4.69, 9.17) is 0 Å². The summed E-state index contributed by atoms with van der Waals surface area (Å²) in [6.45, 7) is 2.11. The molecule has 2 rings (SSSR count). The standard InChI is InChI=1S/C10H10BrN3O2S2/c1-7-13-4-9(17-7)5-14-18(15,16)10-2-8(11)3-12-6-10/h2-4,6,14H,5H2,1H3. The summed E-state index contributed by atoms with van der Waals surface area (Å²) in [6, 6.07) is 1.51. The monoisotopic (exact) mass is 347 g/mol. The minimum Gasteiger partial charge on any atom is -0.262 e. The number of hydrogen-bond acceptors (Lipinski definition) is 5. The molecule has 0 bridgehead atoms. The van der Waals surface area contributed by atoms with Crippen LogP contribution in [0.25, 0.3) is 0 Å². The summed E-state index contributed by atoms with van der Waals surface area (Å²) in [6.07, 6.45) is 4.51. The summed E-state index contributed by atoms with van der Waals surface area (Å²) in [5.41, 5.74) is 0. The molecule has 1 N–H and O–H groups in total. The van der Waals surface area contributed by atoms with Gasteiger partial charge in [-0.2, -0.15) is 0 Å². The highest BCUT2D eigenvalue weighted by atomic mass is 79.9. The topological polar surface area (TPSA) is 72.0 Å². The summed E-state index contributed by atoms with van der Waals surface area (Å²) < 4.78 is 27.1. The Morgan fingerprint density at radius 3 is 2.78 bits per heavy atom. The van der Waals surface area contributed by atoms with Crippen molar-refractivity contribution in [2.75, 3.05) is 0 Å². The zero-order valence-corrected chi connectivity index (χ0v) is 12.6. The van der Waals surface area contributed by atoms with E-state index < -0.39 is 10.0 Å². The molecule has 0 radical (unpaired) electrons. The van der Waals surface area contributed by atoms with Crippen molar-refractivity contribution in [2.24, 2.45) is 0 Å². The molecule has 0 unspecified atom stereocenters. The van der Waals surface area contributed by atoms with E-state index >= 15 is 0 Å². The first kappa shape index (κ1) is 13.6. The molecule has 2 aromatic heterocycles. The van der Waals surface area contributed by atoms with Crippen molar-refractivity contribution >= 4 is 37.3 Å². The highest BCUT2D eigenvalue weighted by molar-refractivity contribution is 9.10. The van der Waals surface area contributed by atoms with Crippen LogP contribution in [0, 0.1) is 6.92 Å². The third-order valence-electron chi connectivity index (χ3n) is 2.10. The molecule has 18 heavy (non-hydrogen) atoms. The average Bonchev–Trinajstić information content (AvgIpc) is 2.73. The van der Waals surface area contributed by atoms with E-state index in [1.54, 1.807) is 6.20 Å². The number of thiazole rings is 1. The predicted molar refractivity (Wildman–Crippen MR) is 72.8 cm³/mol. The van der Waals surface area contributed by atoms with E-state index in [1.807, 2.05) is 6.92 Å². The van der Waals surface area contributed by atoms with Gasteiger partial charge in [0.15, 0.2) is 0 Å². The molecule has 0 saturated carbocycles. The van der Waals surface area contributed by atoms with Gasteiger partial charge in [0.1, 0.15) is 4.90 Å². The largest absolute Gasteiger partial charge is 0.262 e. The molecule has 0 aliphatic rings. The molecule has 0 amide bonds. The van der Waals surface area contributed by atoms with Crippen LogP contribution in [0.4, 0.5) is 0 Å². The molecule has 0 spiro atoms. The summed E-state index contributed by atoms with van der Waals surface area (Å²) in [5, 5.41) is 0.910. The number of hydrogen-bond donors (Lipinski definition) is 1. The van der Waals surface area contributed by atoms with Gasteiger partial charge in [-0.25, -0.2) is 18.1 Å². The molecule has 2 aromatic rings. The van der Waals surface area contributed by atoms with E-state index in [9.17, 15) is 8.42 Å². The van der Waals surface area contributed by atoms with Crippen LogP contribution in [0.15, 0.2) is 34.0 Å². The highest BCUT2D eigenvalue weighted by Crippen LogP contribution is 2.16. The molecule has 0 aliphatic carbocycles. The van der Waals surface area contributed by atoms with E-state index in [2.05, 4.69) is 30.6 Å². The number of halogens is 1. The molecule has 8 heteroatoms. The Labute approximate surface area is 117 Å². The fourth-order valence-corrected chi connectivity index (χ4v) is 3.61. The van der Waals surface area contributed by atoms with Gasteiger partial charge >= 0.3 is 0 Å². The number of rotatable bonds is 4. The molecule has 0 fully saturated rings. The van der Waals surface area contributed by atoms with Crippen molar-refractivity contribution in [1.82, 2.24) is 14.7 Å². The van der Waals surface area contributed by atoms with Gasteiger partial charge in [-0.05, 0) is 28.9 Å². The van der Waals surface area contributed by atoms with Gasteiger partial charge in [0, 0.05) is 34.5 Å². The molecule has 0 atom stereocenters. The van der Waals surface area contributed by atoms with Crippen molar-refractivity contribution in [3.8, 4) is 0 Å². The lowest BCUT2D eigenvalue weighted by atomic mass is 10.5. The van der Waals surface area contributed by atoms with Gasteiger partial charge in [-0.15, -0.1) is 11.3 Å². The normalized spacial score (nSPS) is 11.7. The summed E-state index contributed by atoms with van der Waals surface area (Å²) in [7, 11) is -3.54. The average molecular weight is 348 g/mol. The Kier molecular flexibility index (Phi) is 4.10. The van der Waals surface area contributed by atoms with Crippen molar-refractivity contribution < 1.29 is 8.42 Å². The number of sulfonamides is 1. The molecular formula is C10H10BrN3O2S2. The smallest absolute Gasteiger partial charge is 0.242 e. The number of aromatic nitrogens is 2. The van der Waals surface area contributed by atoms with Gasteiger partial charge < -0.3 is 0 Å². The van der Waals surface area contributed by atoms with Crippen molar-refractivity contribution in [1.29, 1.82) is 0 Å². The lowest BCUT2D eigenvalue weighted by Gasteiger charge is -2.05. The molecular weight excluding hydrogens is 338 g/mol. The second-order valence-electron chi connectivity index (χ2n) is 3.51. The van der Waals surface area contributed by atoms with Gasteiger partial charge in [0.2, 0.25) is 10.0 Å². The maximum atomic E-state index is 12.0. The number of aryl methyl sites for hydroxylation is 1. The number of nitrogens with zero attached hydrogens (tertiary/aromatic N) is 2. The van der Waals surface area contributed by atoms with E-state index in [-0.39, 0.29) is 11.4 Å². The maximum absolute atomic E-state index is 12.0. The predicted octanol–water partition coefficient (Wildman–Crippen LogP) is 2.09. The first-order chi connectivity index (χ1) is 8.47. The molecule has 5 nitrogen and oxygen atoms in total. The Morgan fingerprint density at radius 1 is 1.39 bits per heavy atom. The fourth-order valence-electron chi connectivity index (χ4n) is 1.28. The summed E-state index contributed by atoms with van der Waals surface area (Å²) in [5.74, 6) is 0. The van der Waals surface area contributed by atoms with E-state index in [0.29, 0.717) is 4.47 Å². The SMILES string of the molecule is Cc1ncc(CNS(=O)(=O)c2cncc(Br)c2)s1. The lowest BCUT2D eigenvalue weighted by molar-refractivity contribution is 0.581. The second-order valence-corrected chi connectivity index (χ2v) is 7.51. The lowest BCUT2D eigenvalue weighted by Crippen LogP contribution is -2.22.